The number of ether oxygens (including phenoxy) is 1. The van der Waals surface area contributed by atoms with E-state index in [0.717, 1.165) is 32.5 Å². The minimum Gasteiger partial charge on any atom is -0.385 e. The first-order valence-electron chi connectivity index (χ1n) is 6.25. The fourth-order valence-corrected chi connectivity index (χ4v) is 2.04. The van der Waals surface area contributed by atoms with Crippen LogP contribution in [-0.4, -0.2) is 32.8 Å². The van der Waals surface area contributed by atoms with Gasteiger partial charge in [-0.15, -0.1) is 0 Å². The van der Waals surface area contributed by atoms with Crippen LogP contribution in [0, 0.1) is 5.41 Å². The molecule has 4 heteroatoms. The molecule has 1 aliphatic rings. The van der Waals surface area contributed by atoms with Crippen LogP contribution in [0.5, 0.6) is 0 Å². The van der Waals surface area contributed by atoms with Crippen LogP contribution in [0.25, 0.3) is 0 Å². The van der Waals surface area contributed by atoms with Crippen molar-refractivity contribution in [1.82, 2.24) is 5.32 Å². The predicted molar refractivity (Wildman–Crippen MR) is 67.6 cm³/mol. The molecule has 0 aromatic carbocycles. The Morgan fingerprint density at radius 1 is 1.50 bits per heavy atom. The highest BCUT2D eigenvalue weighted by Gasteiger charge is 2.36. The summed E-state index contributed by atoms with van der Waals surface area (Å²) in [5, 5.41) is 3.11. The van der Waals surface area contributed by atoms with Gasteiger partial charge in [-0.2, -0.15) is 0 Å². The standard InChI is InChI=1S/C12H25N3O/c1-3-8-14-11(13)15-10-12(5-4-6-12)7-9-16-2/h3-10H2,1-2H3,(H3,13,14,15). The molecule has 0 spiro atoms. The summed E-state index contributed by atoms with van der Waals surface area (Å²) in [7, 11) is 1.76. The van der Waals surface area contributed by atoms with Gasteiger partial charge in [-0.1, -0.05) is 13.3 Å². The number of hydrogen-bond donors (Lipinski definition) is 2. The van der Waals surface area contributed by atoms with E-state index in [1.807, 2.05) is 0 Å². The molecular weight excluding hydrogens is 202 g/mol. The number of methoxy groups -OCH3 is 1. The largest absolute Gasteiger partial charge is 0.385 e. The number of rotatable bonds is 7. The molecule has 0 saturated heterocycles. The third-order valence-electron chi connectivity index (χ3n) is 3.39. The quantitative estimate of drug-likeness (QED) is 0.512. The first kappa shape index (κ1) is 13.3. The Hall–Kier alpha value is -0.770. The van der Waals surface area contributed by atoms with Crippen molar-refractivity contribution in [2.45, 2.75) is 39.0 Å². The Balaban J connectivity index is 2.32. The summed E-state index contributed by atoms with van der Waals surface area (Å²) in [6, 6.07) is 0. The molecule has 1 aliphatic carbocycles. The predicted octanol–water partition coefficient (Wildman–Crippen LogP) is 1.51. The Labute approximate surface area is 98.6 Å². The number of hydrogen-bond acceptors (Lipinski definition) is 2. The summed E-state index contributed by atoms with van der Waals surface area (Å²) in [5.41, 5.74) is 6.15. The van der Waals surface area contributed by atoms with Crippen molar-refractivity contribution >= 4 is 5.96 Å². The maximum Gasteiger partial charge on any atom is 0.188 e. The maximum absolute atomic E-state index is 5.78. The Kier molecular flexibility index (Phi) is 5.60. The van der Waals surface area contributed by atoms with Gasteiger partial charge in [0.2, 0.25) is 0 Å². The van der Waals surface area contributed by atoms with E-state index in [4.69, 9.17) is 10.5 Å². The molecule has 0 heterocycles. The highest BCUT2D eigenvalue weighted by Crippen LogP contribution is 2.44. The van der Waals surface area contributed by atoms with Gasteiger partial charge in [-0.05, 0) is 31.1 Å². The van der Waals surface area contributed by atoms with E-state index in [0.29, 0.717) is 11.4 Å². The molecule has 1 fully saturated rings. The van der Waals surface area contributed by atoms with Crippen molar-refractivity contribution in [1.29, 1.82) is 0 Å². The van der Waals surface area contributed by atoms with Crippen molar-refractivity contribution in [3.05, 3.63) is 0 Å². The maximum atomic E-state index is 5.78. The van der Waals surface area contributed by atoms with Gasteiger partial charge < -0.3 is 15.8 Å². The van der Waals surface area contributed by atoms with Crippen LogP contribution >= 0.6 is 0 Å². The van der Waals surface area contributed by atoms with Crippen LogP contribution in [-0.2, 0) is 4.74 Å². The van der Waals surface area contributed by atoms with E-state index >= 15 is 0 Å². The summed E-state index contributed by atoms with van der Waals surface area (Å²) in [4.78, 5) is 4.44. The first-order valence-corrected chi connectivity index (χ1v) is 6.25. The second kappa shape index (κ2) is 6.74. The van der Waals surface area contributed by atoms with Gasteiger partial charge in [0, 0.05) is 26.8 Å². The Morgan fingerprint density at radius 2 is 2.25 bits per heavy atom. The molecule has 0 atom stereocenters. The van der Waals surface area contributed by atoms with Gasteiger partial charge in [-0.25, -0.2) is 0 Å². The van der Waals surface area contributed by atoms with E-state index in [-0.39, 0.29) is 0 Å². The normalized spacial score (nSPS) is 19.2. The first-order chi connectivity index (χ1) is 7.72. The lowest BCUT2D eigenvalue weighted by Gasteiger charge is -2.40. The Morgan fingerprint density at radius 3 is 2.75 bits per heavy atom. The summed E-state index contributed by atoms with van der Waals surface area (Å²) >= 11 is 0. The molecule has 0 amide bonds. The van der Waals surface area contributed by atoms with Crippen molar-refractivity contribution in [3.63, 3.8) is 0 Å². The fourth-order valence-electron chi connectivity index (χ4n) is 2.04. The van der Waals surface area contributed by atoms with E-state index in [1.54, 1.807) is 7.11 Å². The average Bonchev–Trinajstić information content (AvgIpc) is 2.24. The summed E-state index contributed by atoms with van der Waals surface area (Å²) in [6.45, 7) is 4.70. The molecule has 0 bridgehead atoms. The molecule has 3 N–H and O–H groups in total. The van der Waals surface area contributed by atoms with Gasteiger partial charge in [0.05, 0.1) is 0 Å². The zero-order chi connectivity index (χ0) is 11.9. The smallest absolute Gasteiger partial charge is 0.188 e. The lowest BCUT2D eigenvalue weighted by molar-refractivity contribution is 0.0779. The highest BCUT2D eigenvalue weighted by atomic mass is 16.5. The van der Waals surface area contributed by atoms with E-state index in [9.17, 15) is 0 Å². The fraction of sp³-hybridized carbons (Fsp3) is 0.917. The molecule has 94 valence electrons. The molecule has 16 heavy (non-hydrogen) atoms. The van der Waals surface area contributed by atoms with E-state index in [2.05, 4.69) is 17.2 Å². The van der Waals surface area contributed by atoms with Crippen LogP contribution in [0.1, 0.15) is 39.0 Å². The zero-order valence-electron chi connectivity index (χ0n) is 10.6. The van der Waals surface area contributed by atoms with E-state index in [1.165, 1.54) is 19.3 Å². The van der Waals surface area contributed by atoms with E-state index < -0.39 is 0 Å². The third kappa shape index (κ3) is 4.00. The topological polar surface area (TPSA) is 59.6 Å². The summed E-state index contributed by atoms with van der Waals surface area (Å²) in [6.07, 6.45) is 6.03. The zero-order valence-corrected chi connectivity index (χ0v) is 10.6. The molecule has 0 aromatic rings. The number of aliphatic imine (C=N–C) groups is 1. The number of guanidine groups is 1. The number of nitrogens with one attached hydrogen (secondary N) is 1. The van der Waals surface area contributed by atoms with Crippen LogP contribution < -0.4 is 11.1 Å². The molecule has 1 saturated carbocycles. The lowest BCUT2D eigenvalue weighted by atomic mass is 9.67. The Bertz CT molecular complexity index is 224. The van der Waals surface area contributed by atoms with Crippen molar-refractivity contribution in [3.8, 4) is 0 Å². The van der Waals surface area contributed by atoms with Crippen LogP contribution in [0.4, 0.5) is 0 Å². The molecule has 0 aliphatic heterocycles. The minimum atomic E-state index is 0.370. The average molecular weight is 227 g/mol. The minimum absolute atomic E-state index is 0.370. The SMILES string of the molecule is CCCNC(N)=NCC1(CCOC)CCC1. The monoisotopic (exact) mass is 227 g/mol. The van der Waals surface area contributed by atoms with Gasteiger partial charge >= 0.3 is 0 Å². The summed E-state index contributed by atoms with van der Waals surface area (Å²) in [5.74, 6) is 0.588. The van der Waals surface area contributed by atoms with Crippen molar-refractivity contribution < 1.29 is 4.74 Å². The second-order valence-electron chi connectivity index (χ2n) is 4.72. The molecule has 4 nitrogen and oxygen atoms in total. The van der Waals surface area contributed by atoms with Gasteiger partial charge in [0.1, 0.15) is 0 Å². The summed E-state index contributed by atoms with van der Waals surface area (Å²) < 4.78 is 5.15. The van der Waals surface area contributed by atoms with Crippen molar-refractivity contribution in [2.75, 3.05) is 26.8 Å². The third-order valence-corrected chi connectivity index (χ3v) is 3.39. The lowest BCUT2D eigenvalue weighted by Crippen LogP contribution is -2.37. The molecule has 1 rings (SSSR count). The second-order valence-corrected chi connectivity index (χ2v) is 4.72. The highest BCUT2D eigenvalue weighted by molar-refractivity contribution is 5.77. The van der Waals surface area contributed by atoms with Crippen LogP contribution in [0.3, 0.4) is 0 Å². The van der Waals surface area contributed by atoms with Gasteiger partial charge in [0.15, 0.2) is 5.96 Å². The molecular formula is C12H25N3O. The number of nitrogens with two attached hydrogens (primary N) is 1. The van der Waals surface area contributed by atoms with Crippen molar-refractivity contribution in [2.24, 2.45) is 16.1 Å². The molecule has 0 radical (unpaired) electrons. The van der Waals surface area contributed by atoms with Crippen LogP contribution in [0.15, 0.2) is 4.99 Å². The molecule has 0 unspecified atom stereocenters. The molecule has 0 aromatic heterocycles. The van der Waals surface area contributed by atoms with Gasteiger partial charge in [0.25, 0.3) is 0 Å². The van der Waals surface area contributed by atoms with Gasteiger partial charge in [-0.3, -0.25) is 4.99 Å². The number of nitrogens with zero attached hydrogens (tertiary/aromatic N) is 1. The van der Waals surface area contributed by atoms with Crippen LogP contribution in [0.2, 0.25) is 0 Å².